The van der Waals surface area contributed by atoms with E-state index in [0.29, 0.717) is 17.9 Å². The van der Waals surface area contributed by atoms with Gasteiger partial charge in [0.05, 0.1) is 7.11 Å². The van der Waals surface area contributed by atoms with E-state index in [9.17, 15) is 14.7 Å². The van der Waals surface area contributed by atoms with Gasteiger partial charge in [-0.1, -0.05) is 28.1 Å². The minimum Gasteiger partial charge on any atom is -0.550 e. The summed E-state index contributed by atoms with van der Waals surface area (Å²) in [5.74, 6) is -1.64. The Morgan fingerprint density at radius 2 is 1.75 bits per heavy atom. The first-order valence-electron chi connectivity index (χ1n) is 7.37. The third-order valence-corrected chi connectivity index (χ3v) is 4.07. The number of carboxylic acid groups (broad SMARTS) is 1. The highest BCUT2D eigenvalue weighted by atomic mass is 79.9. The van der Waals surface area contributed by atoms with Gasteiger partial charge >= 0.3 is 0 Å². The molecule has 1 amide bonds. The summed E-state index contributed by atoms with van der Waals surface area (Å²) in [6.07, 6.45) is -0.0126. The fourth-order valence-electron chi connectivity index (χ4n) is 2.28. The molecule has 24 heavy (non-hydrogen) atoms. The first kappa shape index (κ1) is 18.0. The third-order valence-electron chi connectivity index (χ3n) is 3.54. The van der Waals surface area contributed by atoms with Gasteiger partial charge < -0.3 is 20.0 Å². The van der Waals surface area contributed by atoms with Crippen molar-refractivity contribution in [3.05, 3.63) is 58.6 Å². The van der Waals surface area contributed by atoms with Gasteiger partial charge in [0.25, 0.3) is 0 Å². The second-order valence-electron chi connectivity index (χ2n) is 5.32. The van der Waals surface area contributed by atoms with E-state index in [2.05, 4.69) is 21.2 Å². The highest BCUT2D eigenvalue weighted by Gasteiger charge is 2.19. The van der Waals surface area contributed by atoms with E-state index >= 15 is 0 Å². The molecule has 0 aliphatic heterocycles. The first-order valence-corrected chi connectivity index (χ1v) is 8.16. The number of carboxylic acids is 1. The molecule has 1 atom stereocenters. The fraction of sp³-hybridized carbons (Fsp3) is 0.222. The third kappa shape index (κ3) is 5.38. The molecule has 6 heteroatoms. The Morgan fingerprint density at radius 1 is 1.12 bits per heavy atom. The van der Waals surface area contributed by atoms with Crippen molar-refractivity contribution < 1.29 is 19.4 Å². The Labute approximate surface area is 148 Å². The average molecular weight is 391 g/mol. The van der Waals surface area contributed by atoms with E-state index in [1.807, 2.05) is 24.3 Å². The maximum Gasteiger partial charge on any atom is 0.228 e. The molecule has 2 aromatic carbocycles. The number of aliphatic carboxylic acids is 1. The topological polar surface area (TPSA) is 78.5 Å². The number of rotatable bonds is 7. The summed E-state index contributed by atoms with van der Waals surface area (Å²) in [7, 11) is 1.56. The van der Waals surface area contributed by atoms with Crippen molar-refractivity contribution in [2.45, 2.75) is 12.8 Å². The van der Waals surface area contributed by atoms with Crippen molar-refractivity contribution >= 4 is 33.5 Å². The van der Waals surface area contributed by atoms with Gasteiger partial charge in [0.2, 0.25) is 5.91 Å². The summed E-state index contributed by atoms with van der Waals surface area (Å²) in [6.45, 7) is 0. The van der Waals surface area contributed by atoms with Crippen molar-refractivity contribution in [3.63, 3.8) is 0 Å². The number of benzene rings is 2. The average Bonchev–Trinajstić information content (AvgIpc) is 2.56. The van der Waals surface area contributed by atoms with Gasteiger partial charge in [-0.2, -0.15) is 0 Å². The monoisotopic (exact) mass is 390 g/mol. The molecular formula is C18H17BrNO4-. The van der Waals surface area contributed by atoms with E-state index in [-0.39, 0.29) is 12.3 Å². The standard InChI is InChI=1S/C18H18BrNO4/c1-24-16-8-6-15(7-9-16)20-18(23)13(11-17(21)22)10-12-2-4-14(19)5-3-12/h2-9,13H,10-11H2,1H3,(H,20,23)(H,21,22)/p-1. The molecule has 0 bridgehead atoms. The molecule has 1 N–H and O–H groups in total. The van der Waals surface area contributed by atoms with Crippen LogP contribution in [-0.4, -0.2) is 19.0 Å². The lowest BCUT2D eigenvalue weighted by molar-refractivity contribution is -0.306. The Hall–Kier alpha value is -2.34. The summed E-state index contributed by atoms with van der Waals surface area (Å²) in [5.41, 5.74) is 1.47. The van der Waals surface area contributed by atoms with Crippen LogP contribution in [0.5, 0.6) is 5.75 Å². The van der Waals surface area contributed by atoms with Gasteiger partial charge in [-0.3, -0.25) is 4.79 Å². The predicted octanol–water partition coefficient (Wildman–Crippen LogP) is 2.40. The molecule has 1 unspecified atom stereocenters. The second kappa shape index (κ2) is 8.49. The number of anilines is 1. The largest absolute Gasteiger partial charge is 0.550 e. The smallest absolute Gasteiger partial charge is 0.228 e. The van der Waals surface area contributed by atoms with Crippen LogP contribution in [-0.2, 0) is 16.0 Å². The van der Waals surface area contributed by atoms with Crippen LogP contribution in [0.4, 0.5) is 5.69 Å². The van der Waals surface area contributed by atoms with E-state index in [0.717, 1.165) is 10.0 Å². The summed E-state index contributed by atoms with van der Waals surface area (Å²) < 4.78 is 5.98. The Balaban J connectivity index is 2.08. The molecule has 0 aliphatic carbocycles. The first-order chi connectivity index (χ1) is 11.5. The maximum atomic E-state index is 12.4. The van der Waals surface area contributed by atoms with Gasteiger partial charge in [0.15, 0.2) is 0 Å². The number of ether oxygens (including phenoxy) is 1. The number of hydrogen-bond acceptors (Lipinski definition) is 4. The number of methoxy groups -OCH3 is 1. The Bertz CT molecular complexity index is 698. The summed E-state index contributed by atoms with van der Waals surface area (Å²) in [5, 5.41) is 13.7. The van der Waals surface area contributed by atoms with Gasteiger partial charge in [0, 0.05) is 22.0 Å². The Kier molecular flexibility index (Phi) is 6.37. The van der Waals surface area contributed by atoms with Gasteiger partial charge in [0.1, 0.15) is 5.75 Å². The lowest BCUT2D eigenvalue weighted by Gasteiger charge is -2.18. The number of carbonyl (C=O) groups excluding carboxylic acids is 2. The second-order valence-corrected chi connectivity index (χ2v) is 6.24. The zero-order valence-corrected chi connectivity index (χ0v) is 14.7. The molecule has 0 saturated carbocycles. The van der Waals surface area contributed by atoms with Crippen molar-refractivity contribution in [2.75, 3.05) is 12.4 Å². The van der Waals surface area contributed by atoms with Crippen LogP contribution in [0.3, 0.4) is 0 Å². The molecule has 0 saturated heterocycles. The zero-order chi connectivity index (χ0) is 17.5. The number of halogens is 1. The van der Waals surface area contributed by atoms with Crippen LogP contribution in [0.15, 0.2) is 53.0 Å². The molecule has 0 fully saturated rings. The van der Waals surface area contributed by atoms with Crippen LogP contribution in [0.1, 0.15) is 12.0 Å². The van der Waals surface area contributed by atoms with Crippen molar-refractivity contribution in [1.29, 1.82) is 0 Å². The SMILES string of the molecule is COc1ccc(NC(=O)C(CC(=O)[O-])Cc2ccc(Br)cc2)cc1. The molecule has 0 aromatic heterocycles. The van der Waals surface area contributed by atoms with Gasteiger partial charge in [-0.05, 0) is 54.8 Å². The summed E-state index contributed by atoms with van der Waals surface area (Å²) >= 11 is 3.34. The molecule has 2 aromatic rings. The maximum absolute atomic E-state index is 12.4. The zero-order valence-electron chi connectivity index (χ0n) is 13.1. The van der Waals surface area contributed by atoms with Crippen molar-refractivity contribution in [1.82, 2.24) is 0 Å². The quantitative estimate of drug-likeness (QED) is 0.786. The molecule has 0 heterocycles. The number of hydrogen-bond donors (Lipinski definition) is 1. The molecule has 0 spiro atoms. The lowest BCUT2D eigenvalue weighted by Crippen LogP contribution is -2.32. The van der Waals surface area contributed by atoms with E-state index < -0.39 is 11.9 Å². The molecule has 5 nitrogen and oxygen atoms in total. The van der Waals surface area contributed by atoms with E-state index in [1.54, 1.807) is 31.4 Å². The van der Waals surface area contributed by atoms with Gasteiger partial charge in [-0.15, -0.1) is 0 Å². The highest BCUT2D eigenvalue weighted by Crippen LogP contribution is 2.19. The molecule has 0 radical (unpaired) electrons. The lowest BCUT2D eigenvalue weighted by atomic mass is 9.95. The van der Waals surface area contributed by atoms with E-state index in [4.69, 9.17) is 4.74 Å². The molecule has 0 aliphatic rings. The summed E-state index contributed by atoms with van der Waals surface area (Å²) in [6, 6.07) is 14.3. The van der Waals surface area contributed by atoms with Crippen LogP contribution >= 0.6 is 15.9 Å². The van der Waals surface area contributed by atoms with Crippen LogP contribution < -0.4 is 15.2 Å². The van der Waals surface area contributed by atoms with Crippen LogP contribution in [0, 0.1) is 5.92 Å². The van der Waals surface area contributed by atoms with Crippen LogP contribution in [0.25, 0.3) is 0 Å². The Morgan fingerprint density at radius 3 is 2.29 bits per heavy atom. The molecular weight excluding hydrogens is 374 g/mol. The molecule has 2 rings (SSSR count). The minimum atomic E-state index is -1.25. The predicted molar refractivity (Wildman–Crippen MR) is 92.6 cm³/mol. The summed E-state index contributed by atoms with van der Waals surface area (Å²) in [4.78, 5) is 23.4. The number of carbonyl (C=O) groups is 2. The number of amides is 1. The highest BCUT2D eigenvalue weighted by molar-refractivity contribution is 9.10. The normalized spacial score (nSPS) is 11.6. The fourth-order valence-corrected chi connectivity index (χ4v) is 2.55. The van der Waals surface area contributed by atoms with Gasteiger partial charge in [-0.25, -0.2) is 0 Å². The van der Waals surface area contributed by atoms with Crippen LogP contribution in [0.2, 0.25) is 0 Å². The minimum absolute atomic E-state index is 0.323. The van der Waals surface area contributed by atoms with E-state index in [1.165, 1.54) is 0 Å². The van der Waals surface area contributed by atoms with Crippen molar-refractivity contribution in [2.24, 2.45) is 5.92 Å². The van der Waals surface area contributed by atoms with Crippen molar-refractivity contribution in [3.8, 4) is 5.75 Å². The number of nitrogens with one attached hydrogen (secondary N) is 1. The molecule has 126 valence electrons.